The van der Waals surface area contributed by atoms with Gasteiger partial charge in [-0.25, -0.2) is 9.97 Å². The Morgan fingerprint density at radius 2 is 1.71 bits per heavy atom. The van der Waals surface area contributed by atoms with Crippen LogP contribution >= 0.6 is 15.9 Å². The van der Waals surface area contributed by atoms with Crippen molar-refractivity contribution in [3.05, 3.63) is 47.0 Å². The van der Waals surface area contributed by atoms with Crippen LogP contribution in [0.3, 0.4) is 0 Å². The van der Waals surface area contributed by atoms with Gasteiger partial charge in [-0.3, -0.25) is 0 Å². The minimum Gasteiger partial charge on any atom is -0.319 e. The van der Waals surface area contributed by atoms with Crippen LogP contribution in [0.15, 0.2) is 41.1 Å². The summed E-state index contributed by atoms with van der Waals surface area (Å²) < 4.78 is 1.08. The Bertz CT molecular complexity index is 465. The lowest BCUT2D eigenvalue weighted by molar-refractivity contribution is 0.755. The van der Waals surface area contributed by atoms with Crippen LogP contribution in [0.1, 0.15) is 5.82 Å². The molecule has 0 unspecified atom stereocenters. The monoisotopic (exact) mass is 291 g/mol. The van der Waals surface area contributed by atoms with Crippen molar-refractivity contribution in [3.8, 4) is 11.1 Å². The highest BCUT2D eigenvalue weighted by Gasteiger charge is 2.00. The first-order chi connectivity index (χ1) is 8.29. The predicted octanol–water partition coefficient (Wildman–Crippen LogP) is 2.67. The zero-order valence-electron chi connectivity index (χ0n) is 9.65. The number of hydrogen-bond acceptors (Lipinski definition) is 3. The van der Waals surface area contributed by atoms with E-state index in [4.69, 9.17) is 0 Å². The summed E-state index contributed by atoms with van der Waals surface area (Å²) in [6, 6.07) is 8.14. The first kappa shape index (κ1) is 12.2. The van der Waals surface area contributed by atoms with Gasteiger partial charge in [-0.05, 0) is 24.7 Å². The van der Waals surface area contributed by atoms with Crippen LogP contribution in [0.25, 0.3) is 11.1 Å². The Morgan fingerprint density at radius 3 is 2.29 bits per heavy atom. The first-order valence-electron chi connectivity index (χ1n) is 5.51. The fourth-order valence-corrected chi connectivity index (χ4v) is 1.78. The molecule has 3 nitrogen and oxygen atoms in total. The number of benzene rings is 1. The molecule has 0 radical (unpaired) electrons. The van der Waals surface area contributed by atoms with E-state index in [-0.39, 0.29) is 0 Å². The lowest BCUT2D eigenvalue weighted by Gasteiger charge is -2.03. The second kappa shape index (κ2) is 5.89. The largest absolute Gasteiger partial charge is 0.319 e. The van der Waals surface area contributed by atoms with Crippen molar-refractivity contribution in [2.24, 2.45) is 0 Å². The highest BCUT2D eigenvalue weighted by Crippen LogP contribution is 2.20. The van der Waals surface area contributed by atoms with Crippen LogP contribution in [0.2, 0.25) is 0 Å². The highest BCUT2D eigenvalue weighted by atomic mass is 79.9. The van der Waals surface area contributed by atoms with Crippen molar-refractivity contribution in [1.29, 1.82) is 0 Å². The standard InChI is InChI=1S/C13H14BrN3/c1-15-7-6-13-16-8-11(9-17-13)10-2-4-12(14)5-3-10/h2-5,8-9,15H,6-7H2,1H3. The lowest BCUT2D eigenvalue weighted by Crippen LogP contribution is -2.12. The Kier molecular flexibility index (Phi) is 4.23. The smallest absolute Gasteiger partial charge is 0.129 e. The molecule has 1 heterocycles. The van der Waals surface area contributed by atoms with Crippen LogP contribution < -0.4 is 5.32 Å². The highest BCUT2D eigenvalue weighted by molar-refractivity contribution is 9.10. The molecule has 4 heteroatoms. The van der Waals surface area contributed by atoms with E-state index in [0.29, 0.717) is 0 Å². The van der Waals surface area contributed by atoms with Gasteiger partial charge in [0.25, 0.3) is 0 Å². The molecule has 0 saturated heterocycles. The van der Waals surface area contributed by atoms with Gasteiger partial charge in [0.2, 0.25) is 0 Å². The summed E-state index contributed by atoms with van der Waals surface area (Å²) >= 11 is 3.42. The number of likely N-dealkylation sites (N-methyl/N-ethyl adjacent to an activating group) is 1. The van der Waals surface area contributed by atoms with Gasteiger partial charge in [-0.15, -0.1) is 0 Å². The van der Waals surface area contributed by atoms with Crippen molar-refractivity contribution >= 4 is 15.9 Å². The van der Waals surface area contributed by atoms with E-state index in [1.54, 1.807) is 0 Å². The average Bonchev–Trinajstić information content (AvgIpc) is 2.38. The summed E-state index contributed by atoms with van der Waals surface area (Å²) in [5.41, 5.74) is 2.18. The number of nitrogens with one attached hydrogen (secondary N) is 1. The van der Waals surface area contributed by atoms with Crippen molar-refractivity contribution in [3.63, 3.8) is 0 Å². The summed E-state index contributed by atoms with van der Waals surface area (Å²) in [5, 5.41) is 3.08. The normalized spacial score (nSPS) is 10.5. The summed E-state index contributed by atoms with van der Waals surface area (Å²) in [4.78, 5) is 8.70. The molecule has 0 atom stereocenters. The molecule has 0 spiro atoms. The molecule has 1 aromatic heterocycles. The van der Waals surface area contributed by atoms with Gasteiger partial charge in [0, 0.05) is 35.4 Å². The van der Waals surface area contributed by atoms with E-state index < -0.39 is 0 Å². The third-order valence-electron chi connectivity index (χ3n) is 2.48. The Hall–Kier alpha value is -1.26. The third-order valence-corrected chi connectivity index (χ3v) is 3.01. The number of hydrogen-bond donors (Lipinski definition) is 1. The van der Waals surface area contributed by atoms with Crippen molar-refractivity contribution < 1.29 is 0 Å². The molecule has 0 bridgehead atoms. The van der Waals surface area contributed by atoms with E-state index in [2.05, 4.69) is 43.3 Å². The van der Waals surface area contributed by atoms with Crippen LogP contribution in [0, 0.1) is 0 Å². The Balaban J connectivity index is 2.14. The third kappa shape index (κ3) is 3.35. The van der Waals surface area contributed by atoms with E-state index in [9.17, 15) is 0 Å². The van der Waals surface area contributed by atoms with Crippen LogP contribution in [0.5, 0.6) is 0 Å². The molecule has 1 aromatic carbocycles. The van der Waals surface area contributed by atoms with Gasteiger partial charge >= 0.3 is 0 Å². The maximum atomic E-state index is 4.35. The lowest BCUT2D eigenvalue weighted by atomic mass is 10.1. The van der Waals surface area contributed by atoms with Gasteiger partial charge in [0.1, 0.15) is 5.82 Å². The second-order valence-electron chi connectivity index (χ2n) is 3.75. The molecule has 2 rings (SSSR count). The molecule has 0 saturated carbocycles. The van der Waals surface area contributed by atoms with Gasteiger partial charge in [-0.2, -0.15) is 0 Å². The molecule has 2 aromatic rings. The minimum atomic E-state index is 0.858. The SMILES string of the molecule is CNCCc1ncc(-c2ccc(Br)cc2)cn1. The van der Waals surface area contributed by atoms with Crippen molar-refractivity contribution in [1.82, 2.24) is 15.3 Å². The Labute approximate surface area is 109 Å². The quantitative estimate of drug-likeness (QED) is 0.941. The maximum absolute atomic E-state index is 4.35. The first-order valence-corrected chi connectivity index (χ1v) is 6.30. The van der Waals surface area contributed by atoms with Gasteiger partial charge in [0.15, 0.2) is 0 Å². The summed E-state index contributed by atoms with van der Waals surface area (Å²) in [6.45, 7) is 0.900. The van der Waals surface area contributed by atoms with Crippen molar-refractivity contribution in [2.75, 3.05) is 13.6 Å². The number of aromatic nitrogens is 2. The van der Waals surface area contributed by atoms with Gasteiger partial charge in [0.05, 0.1) is 0 Å². The molecular formula is C13H14BrN3. The van der Waals surface area contributed by atoms with Crippen LogP contribution in [-0.2, 0) is 6.42 Å². The summed E-state index contributed by atoms with van der Waals surface area (Å²) in [6.07, 6.45) is 4.61. The molecule has 0 amide bonds. The second-order valence-corrected chi connectivity index (χ2v) is 4.66. The number of rotatable bonds is 4. The number of nitrogens with zero attached hydrogens (tertiary/aromatic N) is 2. The fraction of sp³-hybridized carbons (Fsp3) is 0.231. The molecule has 0 aliphatic carbocycles. The van der Waals surface area contributed by atoms with Gasteiger partial charge < -0.3 is 5.32 Å². The van der Waals surface area contributed by atoms with E-state index in [1.165, 1.54) is 0 Å². The average molecular weight is 292 g/mol. The molecule has 88 valence electrons. The summed E-state index contributed by atoms with van der Waals surface area (Å²) in [5.74, 6) is 0.875. The zero-order chi connectivity index (χ0) is 12.1. The number of halogens is 1. The molecule has 17 heavy (non-hydrogen) atoms. The zero-order valence-corrected chi connectivity index (χ0v) is 11.2. The Morgan fingerprint density at radius 1 is 1.06 bits per heavy atom. The minimum absolute atomic E-state index is 0.858. The van der Waals surface area contributed by atoms with E-state index in [0.717, 1.165) is 34.4 Å². The van der Waals surface area contributed by atoms with Crippen molar-refractivity contribution in [2.45, 2.75) is 6.42 Å². The molecule has 0 fully saturated rings. The van der Waals surface area contributed by atoms with Gasteiger partial charge in [-0.1, -0.05) is 28.1 Å². The van der Waals surface area contributed by atoms with E-state index >= 15 is 0 Å². The van der Waals surface area contributed by atoms with Crippen LogP contribution in [0.4, 0.5) is 0 Å². The fourth-order valence-electron chi connectivity index (χ4n) is 1.51. The molecule has 1 N–H and O–H groups in total. The topological polar surface area (TPSA) is 37.8 Å². The predicted molar refractivity (Wildman–Crippen MR) is 72.8 cm³/mol. The molecule has 0 aliphatic rings. The molecule has 0 aliphatic heterocycles. The summed E-state index contributed by atoms with van der Waals surface area (Å²) in [7, 11) is 1.93. The maximum Gasteiger partial charge on any atom is 0.129 e. The molecular weight excluding hydrogens is 278 g/mol. The van der Waals surface area contributed by atoms with E-state index in [1.807, 2.05) is 31.6 Å². The van der Waals surface area contributed by atoms with Crippen LogP contribution in [-0.4, -0.2) is 23.6 Å².